The van der Waals surface area contributed by atoms with Crippen molar-refractivity contribution in [3.63, 3.8) is 0 Å². The molecule has 0 aromatic heterocycles. The molecule has 1 unspecified atom stereocenters. The van der Waals surface area contributed by atoms with Crippen LogP contribution in [0.15, 0.2) is 18.2 Å². The van der Waals surface area contributed by atoms with Gasteiger partial charge in [0, 0.05) is 37.2 Å². The molecule has 1 atom stereocenters. The van der Waals surface area contributed by atoms with E-state index in [9.17, 15) is 30.1 Å². The van der Waals surface area contributed by atoms with Gasteiger partial charge in [0.25, 0.3) is 5.09 Å². The number of rotatable bonds is 16. The summed E-state index contributed by atoms with van der Waals surface area (Å²) in [7, 11) is 0. The van der Waals surface area contributed by atoms with Crippen LogP contribution in [0.1, 0.15) is 52.0 Å². The predicted octanol–water partition coefficient (Wildman–Crippen LogP) is 1.51. The van der Waals surface area contributed by atoms with Crippen molar-refractivity contribution in [2.75, 3.05) is 31.6 Å². The van der Waals surface area contributed by atoms with Crippen LogP contribution in [-0.2, 0) is 14.4 Å². The van der Waals surface area contributed by atoms with Crippen molar-refractivity contribution in [3.8, 4) is 11.8 Å². The maximum atomic E-state index is 11.8. The van der Waals surface area contributed by atoms with Crippen LogP contribution in [0, 0.1) is 21.4 Å². The zero-order valence-corrected chi connectivity index (χ0v) is 19.8. The van der Waals surface area contributed by atoms with E-state index in [-0.39, 0.29) is 56.5 Å². The van der Waals surface area contributed by atoms with Gasteiger partial charge in [-0.2, -0.15) is 5.26 Å². The van der Waals surface area contributed by atoms with Gasteiger partial charge in [-0.25, -0.2) is 0 Å². The number of hydrogen-bond donors (Lipinski definition) is 4. The van der Waals surface area contributed by atoms with E-state index in [0.717, 1.165) is 0 Å². The largest absolute Gasteiger partial charge is 0.489 e. The lowest BCUT2D eigenvalue weighted by Gasteiger charge is -2.28. The topological polar surface area (TPSA) is 176 Å². The predicted molar refractivity (Wildman–Crippen MR) is 123 cm³/mol. The third kappa shape index (κ3) is 12.0. The second-order valence-electron chi connectivity index (χ2n) is 8.29. The van der Waals surface area contributed by atoms with E-state index in [1.807, 2.05) is 26.8 Å². The first-order valence-electron chi connectivity index (χ1n) is 11.0. The normalized spacial score (nSPS) is 11.7. The Hall–Kier alpha value is -3.43. The number of carbonyl (C=O) groups excluding carboxylic acids is 2. The van der Waals surface area contributed by atoms with Crippen molar-refractivity contribution in [3.05, 3.63) is 33.9 Å². The Kier molecular flexibility index (Phi) is 12.3. The molecule has 0 heterocycles. The van der Waals surface area contributed by atoms with E-state index in [0.29, 0.717) is 24.3 Å². The van der Waals surface area contributed by atoms with Gasteiger partial charge < -0.3 is 30.6 Å². The minimum Gasteiger partial charge on any atom is -0.489 e. The minimum atomic E-state index is -0.899. The molecule has 0 aliphatic heterocycles. The molecule has 4 N–H and O–H groups in total. The van der Waals surface area contributed by atoms with Crippen LogP contribution in [0.2, 0.25) is 0 Å². The van der Waals surface area contributed by atoms with E-state index in [2.05, 4.69) is 20.8 Å². The third-order valence-electron chi connectivity index (χ3n) is 4.58. The molecule has 0 radical (unpaired) electrons. The Balaban J connectivity index is 2.42. The smallest absolute Gasteiger partial charge is 0.294 e. The lowest BCUT2D eigenvalue weighted by atomic mass is 10.1. The van der Waals surface area contributed by atoms with Gasteiger partial charge in [-0.15, -0.1) is 10.1 Å². The lowest BCUT2D eigenvalue weighted by Crippen LogP contribution is -2.51. The SMILES string of the molecule is CCCC(=O)Nc1ccc(OCC(O)CNC(C)(C)CNC(=O)CCCO[N+](=O)[O-])c(C#N)c1. The molecule has 0 saturated carbocycles. The molecular weight excluding hydrogens is 446 g/mol. The van der Waals surface area contributed by atoms with Gasteiger partial charge in [0.15, 0.2) is 0 Å². The van der Waals surface area contributed by atoms with Crippen molar-refractivity contribution in [1.29, 1.82) is 5.26 Å². The first-order valence-corrected chi connectivity index (χ1v) is 11.0. The van der Waals surface area contributed by atoms with Crippen LogP contribution < -0.4 is 20.7 Å². The molecule has 0 fully saturated rings. The molecule has 12 heteroatoms. The quantitative estimate of drug-likeness (QED) is 0.155. The van der Waals surface area contributed by atoms with Crippen LogP contribution in [-0.4, -0.2) is 60.0 Å². The van der Waals surface area contributed by atoms with Crippen molar-refractivity contribution >= 4 is 17.5 Å². The molecule has 1 rings (SSSR count). The Bertz CT molecular complexity index is 870. The highest BCUT2D eigenvalue weighted by atomic mass is 16.9. The number of nitrogens with zero attached hydrogens (tertiary/aromatic N) is 2. The molecule has 2 amide bonds. The number of anilines is 1. The first kappa shape index (κ1) is 28.6. The fourth-order valence-corrected chi connectivity index (χ4v) is 2.75. The molecule has 1 aromatic rings. The summed E-state index contributed by atoms with van der Waals surface area (Å²) in [6, 6.07) is 6.73. The highest BCUT2D eigenvalue weighted by Gasteiger charge is 2.20. The van der Waals surface area contributed by atoms with Crippen LogP contribution in [0.3, 0.4) is 0 Å². The molecule has 0 bridgehead atoms. The van der Waals surface area contributed by atoms with Gasteiger partial charge in [0.05, 0.1) is 12.2 Å². The molecule has 188 valence electrons. The molecule has 1 aromatic carbocycles. The van der Waals surface area contributed by atoms with E-state index < -0.39 is 16.7 Å². The van der Waals surface area contributed by atoms with Crippen molar-refractivity contribution in [2.45, 2.75) is 58.1 Å². The van der Waals surface area contributed by atoms with Gasteiger partial charge in [0.2, 0.25) is 11.8 Å². The summed E-state index contributed by atoms with van der Waals surface area (Å²) in [5.41, 5.74) is 0.198. The number of benzene rings is 1. The summed E-state index contributed by atoms with van der Waals surface area (Å²) in [5.74, 6) is -0.101. The average Bonchev–Trinajstić information content (AvgIpc) is 2.78. The first-order chi connectivity index (χ1) is 16.1. The molecular formula is C22H33N5O7. The van der Waals surface area contributed by atoms with Crippen LogP contribution in [0.25, 0.3) is 0 Å². The van der Waals surface area contributed by atoms with Gasteiger partial charge >= 0.3 is 0 Å². The number of aliphatic hydroxyl groups is 1. The molecule has 34 heavy (non-hydrogen) atoms. The maximum absolute atomic E-state index is 11.8. The second-order valence-corrected chi connectivity index (χ2v) is 8.29. The van der Waals surface area contributed by atoms with Crippen molar-refractivity contribution in [2.24, 2.45) is 0 Å². The Morgan fingerprint density at radius 3 is 2.68 bits per heavy atom. The van der Waals surface area contributed by atoms with E-state index >= 15 is 0 Å². The number of β-amino-alcohol motifs (C(OH)–C–C–N with tert-alkyl or cyclic N) is 1. The average molecular weight is 480 g/mol. The van der Waals surface area contributed by atoms with Gasteiger partial charge in [-0.05, 0) is 44.9 Å². The number of ether oxygens (including phenoxy) is 1. The lowest BCUT2D eigenvalue weighted by molar-refractivity contribution is -0.757. The Morgan fingerprint density at radius 1 is 1.29 bits per heavy atom. The van der Waals surface area contributed by atoms with Crippen molar-refractivity contribution in [1.82, 2.24) is 10.6 Å². The van der Waals surface area contributed by atoms with E-state index in [1.54, 1.807) is 12.1 Å². The van der Waals surface area contributed by atoms with Crippen LogP contribution in [0.4, 0.5) is 5.69 Å². The third-order valence-corrected chi connectivity index (χ3v) is 4.58. The van der Waals surface area contributed by atoms with Crippen molar-refractivity contribution < 1.29 is 29.4 Å². The van der Waals surface area contributed by atoms with Gasteiger partial charge in [-0.1, -0.05) is 6.92 Å². The van der Waals surface area contributed by atoms with E-state index in [1.165, 1.54) is 6.07 Å². The molecule has 0 spiro atoms. The number of nitrogens with one attached hydrogen (secondary N) is 3. The Labute approximate surface area is 198 Å². The summed E-state index contributed by atoms with van der Waals surface area (Å²) < 4.78 is 5.58. The van der Waals surface area contributed by atoms with Crippen LogP contribution in [0.5, 0.6) is 5.75 Å². The summed E-state index contributed by atoms with van der Waals surface area (Å²) in [6.45, 7) is 5.83. The zero-order chi connectivity index (χ0) is 25.6. The molecule has 0 aliphatic rings. The standard InChI is InChI=1S/C22H33N5O7/c1-4-6-21(30)26-17-8-9-19(16(11-17)12-23)33-14-18(28)13-25-22(2,3)15-24-20(29)7-5-10-34-27(31)32/h8-9,11,18,25,28H,4-7,10,13-15H2,1-3H3,(H,24,29)(H,26,30). The summed E-state index contributed by atoms with van der Waals surface area (Å²) in [4.78, 5) is 37.8. The molecule has 12 nitrogen and oxygen atoms in total. The Morgan fingerprint density at radius 2 is 2.03 bits per heavy atom. The minimum absolute atomic E-state index is 0.0674. The molecule has 0 aliphatic carbocycles. The molecule has 0 saturated heterocycles. The number of hydrogen-bond acceptors (Lipinski definition) is 9. The fraction of sp³-hybridized carbons (Fsp3) is 0.591. The van der Waals surface area contributed by atoms with Gasteiger partial charge in [0.1, 0.15) is 24.5 Å². The number of nitriles is 1. The fourth-order valence-electron chi connectivity index (χ4n) is 2.75. The van der Waals surface area contributed by atoms with E-state index in [4.69, 9.17) is 4.74 Å². The monoisotopic (exact) mass is 479 g/mol. The summed E-state index contributed by atoms with van der Waals surface area (Å²) in [5, 5.41) is 37.4. The van der Waals surface area contributed by atoms with Crippen LogP contribution >= 0.6 is 0 Å². The highest BCUT2D eigenvalue weighted by Crippen LogP contribution is 2.22. The zero-order valence-electron chi connectivity index (χ0n) is 19.8. The summed E-state index contributed by atoms with van der Waals surface area (Å²) >= 11 is 0. The number of aliphatic hydroxyl groups excluding tert-OH is 1. The number of amides is 2. The summed E-state index contributed by atoms with van der Waals surface area (Å²) in [6.07, 6.45) is 0.549. The second kappa shape index (κ2) is 14.7. The number of carbonyl (C=O) groups is 2. The maximum Gasteiger partial charge on any atom is 0.294 e. The highest BCUT2D eigenvalue weighted by molar-refractivity contribution is 5.91. The van der Waals surface area contributed by atoms with Gasteiger partial charge in [-0.3, -0.25) is 9.59 Å².